The van der Waals surface area contributed by atoms with Gasteiger partial charge in [-0.25, -0.2) is 8.42 Å². The zero-order chi connectivity index (χ0) is 20.4. The summed E-state index contributed by atoms with van der Waals surface area (Å²) in [6.07, 6.45) is 0. The van der Waals surface area contributed by atoms with Gasteiger partial charge in [-0.2, -0.15) is 4.98 Å². The lowest BCUT2D eigenvalue weighted by Crippen LogP contribution is -2.04. The van der Waals surface area contributed by atoms with Crippen LogP contribution in [0.15, 0.2) is 103 Å². The lowest BCUT2D eigenvalue weighted by atomic mass is 10.2. The minimum Gasteiger partial charge on any atom is -0.428 e. The molecule has 1 aromatic heterocycles. The van der Waals surface area contributed by atoms with Crippen LogP contribution in [-0.2, 0) is 9.84 Å². The Hall–Kier alpha value is -2.83. The van der Waals surface area contributed by atoms with Gasteiger partial charge in [0.15, 0.2) is 0 Å². The van der Waals surface area contributed by atoms with Gasteiger partial charge in [-0.15, -0.1) is 0 Å². The number of aromatic nitrogens is 1. The molecule has 0 atom stereocenters. The van der Waals surface area contributed by atoms with E-state index < -0.39 is 9.84 Å². The van der Waals surface area contributed by atoms with Crippen LogP contribution >= 0.6 is 11.8 Å². The van der Waals surface area contributed by atoms with Gasteiger partial charge in [0.2, 0.25) is 25.8 Å². The van der Waals surface area contributed by atoms with Gasteiger partial charge in [-0.05, 0) is 62.0 Å². The first kappa shape index (κ1) is 19.5. The SMILES string of the molecule is Cc1ccc(Sc2oc(-c3ccccc3)nc2S(=O)(=O)c2ccc(C)cc2)cc1. The van der Waals surface area contributed by atoms with Crippen molar-refractivity contribution in [3.8, 4) is 11.5 Å². The topological polar surface area (TPSA) is 60.2 Å². The van der Waals surface area contributed by atoms with Crippen LogP contribution in [-0.4, -0.2) is 13.4 Å². The van der Waals surface area contributed by atoms with E-state index in [-0.39, 0.29) is 20.9 Å². The molecule has 3 aromatic carbocycles. The van der Waals surface area contributed by atoms with E-state index in [1.807, 2.05) is 68.4 Å². The maximum absolute atomic E-state index is 13.3. The van der Waals surface area contributed by atoms with Gasteiger partial charge >= 0.3 is 0 Å². The first-order chi connectivity index (χ1) is 13.9. The Morgan fingerprint density at radius 2 is 1.38 bits per heavy atom. The largest absolute Gasteiger partial charge is 0.428 e. The van der Waals surface area contributed by atoms with Gasteiger partial charge in [0, 0.05) is 10.5 Å². The molecule has 0 fully saturated rings. The number of hydrogen-bond acceptors (Lipinski definition) is 5. The van der Waals surface area contributed by atoms with Crippen LogP contribution in [0.4, 0.5) is 0 Å². The molecular formula is C23H19NO3S2. The second kappa shape index (κ2) is 7.89. The Kier molecular flexibility index (Phi) is 5.30. The highest BCUT2D eigenvalue weighted by Gasteiger charge is 2.29. The molecule has 146 valence electrons. The summed E-state index contributed by atoms with van der Waals surface area (Å²) in [5.74, 6) is 0.283. The zero-order valence-electron chi connectivity index (χ0n) is 16.0. The highest BCUT2D eigenvalue weighted by Crippen LogP contribution is 2.38. The van der Waals surface area contributed by atoms with E-state index in [9.17, 15) is 8.42 Å². The molecule has 4 nitrogen and oxygen atoms in total. The molecular weight excluding hydrogens is 402 g/mol. The quantitative estimate of drug-likeness (QED) is 0.399. The standard InChI is InChI=1S/C23H19NO3S2/c1-16-8-12-19(13-9-16)28-23-22(24-21(27-23)18-6-4-3-5-7-18)29(25,26)20-14-10-17(2)11-15-20/h3-15H,1-2H3. The van der Waals surface area contributed by atoms with E-state index in [2.05, 4.69) is 4.98 Å². The second-order valence-electron chi connectivity index (χ2n) is 6.71. The summed E-state index contributed by atoms with van der Waals surface area (Å²) < 4.78 is 32.6. The molecule has 0 N–H and O–H groups in total. The van der Waals surface area contributed by atoms with Crippen LogP contribution in [0.2, 0.25) is 0 Å². The van der Waals surface area contributed by atoms with Crippen molar-refractivity contribution in [2.75, 3.05) is 0 Å². The molecule has 0 saturated carbocycles. The summed E-state index contributed by atoms with van der Waals surface area (Å²) in [6.45, 7) is 3.92. The van der Waals surface area contributed by atoms with E-state index in [1.54, 1.807) is 24.3 Å². The number of benzene rings is 3. The molecule has 6 heteroatoms. The van der Waals surface area contributed by atoms with Crippen molar-refractivity contribution in [1.82, 2.24) is 4.98 Å². The first-order valence-corrected chi connectivity index (χ1v) is 11.4. The van der Waals surface area contributed by atoms with Crippen molar-refractivity contribution in [2.45, 2.75) is 33.8 Å². The van der Waals surface area contributed by atoms with E-state index in [0.717, 1.165) is 21.6 Å². The van der Waals surface area contributed by atoms with Crippen LogP contribution in [0.25, 0.3) is 11.5 Å². The maximum Gasteiger partial charge on any atom is 0.228 e. The summed E-state index contributed by atoms with van der Waals surface area (Å²) in [6, 6.07) is 23.9. The fourth-order valence-corrected chi connectivity index (χ4v) is 5.15. The fourth-order valence-electron chi connectivity index (χ4n) is 2.77. The molecule has 0 amide bonds. The molecule has 29 heavy (non-hydrogen) atoms. The normalized spacial score (nSPS) is 11.5. The third-order valence-corrected chi connectivity index (χ3v) is 7.18. The third-order valence-electron chi connectivity index (χ3n) is 4.41. The van der Waals surface area contributed by atoms with Gasteiger partial charge < -0.3 is 4.42 Å². The maximum atomic E-state index is 13.3. The average Bonchev–Trinajstić information content (AvgIpc) is 3.15. The van der Waals surface area contributed by atoms with E-state index in [1.165, 1.54) is 11.8 Å². The number of rotatable bonds is 5. The average molecular weight is 422 g/mol. The number of nitrogens with zero attached hydrogens (tertiary/aromatic N) is 1. The highest BCUT2D eigenvalue weighted by molar-refractivity contribution is 8.00. The van der Waals surface area contributed by atoms with Gasteiger partial charge in [-0.3, -0.25) is 0 Å². The van der Waals surface area contributed by atoms with E-state index >= 15 is 0 Å². The van der Waals surface area contributed by atoms with Crippen molar-refractivity contribution < 1.29 is 12.8 Å². The molecule has 0 aliphatic rings. The van der Waals surface area contributed by atoms with Gasteiger partial charge in [0.25, 0.3) is 0 Å². The number of hydrogen-bond donors (Lipinski definition) is 0. The summed E-state index contributed by atoms with van der Waals surface area (Å²) in [5.41, 5.74) is 2.84. The fraction of sp³-hybridized carbons (Fsp3) is 0.0870. The smallest absolute Gasteiger partial charge is 0.228 e. The monoisotopic (exact) mass is 421 g/mol. The molecule has 4 rings (SSSR count). The van der Waals surface area contributed by atoms with Crippen LogP contribution in [0.5, 0.6) is 0 Å². The summed E-state index contributed by atoms with van der Waals surface area (Å²) in [7, 11) is -3.83. The second-order valence-corrected chi connectivity index (χ2v) is 9.62. The molecule has 0 aliphatic heterocycles. The van der Waals surface area contributed by atoms with Crippen molar-refractivity contribution in [3.63, 3.8) is 0 Å². The Bertz CT molecular complexity index is 1230. The Labute approximate surface area is 174 Å². The van der Waals surface area contributed by atoms with Gasteiger partial charge in [-0.1, -0.05) is 53.6 Å². The first-order valence-electron chi connectivity index (χ1n) is 9.06. The minimum atomic E-state index is -3.83. The third kappa shape index (κ3) is 4.13. The molecule has 0 saturated heterocycles. The van der Waals surface area contributed by atoms with Crippen LogP contribution in [0.3, 0.4) is 0 Å². The van der Waals surface area contributed by atoms with Crippen LogP contribution in [0.1, 0.15) is 11.1 Å². The highest BCUT2D eigenvalue weighted by atomic mass is 32.2. The Morgan fingerprint density at radius 3 is 2.00 bits per heavy atom. The molecule has 0 aliphatic carbocycles. The summed E-state index contributed by atoms with van der Waals surface area (Å²) in [5, 5.41) is 0.194. The molecule has 1 heterocycles. The predicted molar refractivity (Wildman–Crippen MR) is 114 cm³/mol. The molecule has 0 bridgehead atoms. The van der Waals surface area contributed by atoms with Gasteiger partial charge in [0.1, 0.15) is 0 Å². The minimum absolute atomic E-state index is 0.0641. The van der Waals surface area contributed by atoms with E-state index in [4.69, 9.17) is 4.42 Å². The molecule has 0 spiro atoms. The molecule has 0 unspecified atom stereocenters. The van der Waals surface area contributed by atoms with Crippen molar-refractivity contribution in [3.05, 3.63) is 90.0 Å². The molecule has 4 aromatic rings. The Morgan fingerprint density at radius 1 is 0.793 bits per heavy atom. The number of sulfone groups is 1. The van der Waals surface area contributed by atoms with Crippen LogP contribution in [0, 0.1) is 13.8 Å². The van der Waals surface area contributed by atoms with E-state index in [0.29, 0.717) is 0 Å². The summed E-state index contributed by atoms with van der Waals surface area (Å²) in [4.78, 5) is 5.47. The lowest BCUT2D eigenvalue weighted by Gasteiger charge is -2.04. The van der Waals surface area contributed by atoms with Gasteiger partial charge in [0.05, 0.1) is 4.90 Å². The zero-order valence-corrected chi connectivity index (χ0v) is 17.6. The Balaban J connectivity index is 1.83. The predicted octanol–water partition coefficient (Wildman–Crippen LogP) is 5.94. The van der Waals surface area contributed by atoms with Crippen molar-refractivity contribution in [1.29, 1.82) is 0 Å². The number of oxazole rings is 1. The van der Waals surface area contributed by atoms with Crippen molar-refractivity contribution in [2.24, 2.45) is 0 Å². The van der Waals surface area contributed by atoms with Crippen LogP contribution < -0.4 is 0 Å². The van der Waals surface area contributed by atoms with Crippen molar-refractivity contribution >= 4 is 21.6 Å². The lowest BCUT2D eigenvalue weighted by molar-refractivity contribution is 0.470. The number of aryl methyl sites for hydroxylation is 2. The molecule has 0 radical (unpaired) electrons. The summed E-state index contributed by atoms with van der Waals surface area (Å²) >= 11 is 1.25.